The molecular formula is C19H36O3S2Si. The van der Waals surface area contributed by atoms with Crippen molar-refractivity contribution in [1.82, 2.24) is 0 Å². The number of fused-ring (bicyclic) bond motifs is 1. The molecule has 0 bridgehead atoms. The number of rotatable bonds is 8. The van der Waals surface area contributed by atoms with Crippen molar-refractivity contribution < 1.29 is 14.3 Å². The topological polar surface area (TPSA) is 35.5 Å². The van der Waals surface area contributed by atoms with Gasteiger partial charge in [0.25, 0.3) is 0 Å². The average molecular weight is 405 g/mol. The first-order valence-electron chi connectivity index (χ1n) is 9.34. The number of carbonyl (C=O) groups excluding carboxylic acids is 1. The van der Waals surface area contributed by atoms with Crippen LogP contribution in [0, 0.1) is 23.2 Å². The normalized spacial score (nSPS) is 33.7. The van der Waals surface area contributed by atoms with Gasteiger partial charge in [-0.15, -0.1) is 23.5 Å². The Morgan fingerprint density at radius 2 is 1.80 bits per heavy atom. The summed E-state index contributed by atoms with van der Waals surface area (Å²) in [7, 11) is -1.07. The monoisotopic (exact) mass is 404 g/mol. The average Bonchev–Trinajstić information content (AvgIpc) is 2.88. The van der Waals surface area contributed by atoms with E-state index in [4.69, 9.17) is 9.47 Å². The quantitative estimate of drug-likeness (QED) is 0.324. The molecule has 2 saturated carbocycles. The van der Waals surface area contributed by atoms with Gasteiger partial charge in [0.1, 0.15) is 10.9 Å². The third-order valence-corrected chi connectivity index (χ3v) is 11.0. The highest BCUT2D eigenvalue weighted by Crippen LogP contribution is 2.64. The van der Waals surface area contributed by atoms with Gasteiger partial charge in [0.2, 0.25) is 0 Å². The summed E-state index contributed by atoms with van der Waals surface area (Å²) in [6, 6.07) is 1.16. The van der Waals surface area contributed by atoms with Gasteiger partial charge in [-0.2, -0.15) is 0 Å². The van der Waals surface area contributed by atoms with E-state index in [1.807, 2.05) is 0 Å². The van der Waals surface area contributed by atoms with Gasteiger partial charge in [-0.25, -0.2) is 0 Å². The molecule has 2 aliphatic rings. The van der Waals surface area contributed by atoms with Crippen molar-refractivity contribution in [1.29, 1.82) is 0 Å². The maximum Gasteiger partial charge on any atom is 0.162 e. The summed E-state index contributed by atoms with van der Waals surface area (Å²) in [6.07, 6.45) is 5.33. The summed E-state index contributed by atoms with van der Waals surface area (Å²) in [5, 5.41) is 0. The molecule has 146 valence electrons. The van der Waals surface area contributed by atoms with Gasteiger partial charge in [0.15, 0.2) is 5.78 Å². The molecule has 0 heterocycles. The molecule has 2 aliphatic carbocycles. The van der Waals surface area contributed by atoms with Gasteiger partial charge in [0.05, 0.1) is 6.10 Å². The smallest absolute Gasteiger partial charge is 0.162 e. The van der Waals surface area contributed by atoms with Gasteiger partial charge in [-0.1, -0.05) is 40.4 Å². The Labute approximate surface area is 163 Å². The van der Waals surface area contributed by atoms with Crippen LogP contribution in [0.5, 0.6) is 0 Å². The van der Waals surface area contributed by atoms with Gasteiger partial charge in [-0.3, -0.25) is 4.79 Å². The Bertz CT molecular complexity index is 486. The van der Waals surface area contributed by atoms with E-state index in [-0.39, 0.29) is 21.5 Å². The second-order valence-corrected chi connectivity index (χ2v) is 17.5. The number of ether oxygens (including phenoxy) is 2. The molecular weight excluding hydrogens is 368 g/mol. The van der Waals surface area contributed by atoms with Crippen LogP contribution in [-0.2, 0) is 14.3 Å². The zero-order valence-electron chi connectivity index (χ0n) is 17.2. The first-order valence-corrected chi connectivity index (χ1v) is 15.5. The fourth-order valence-electron chi connectivity index (χ4n) is 4.71. The molecule has 2 rings (SSSR count). The van der Waals surface area contributed by atoms with E-state index in [2.05, 4.69) is 52.9 Å². The number of hydrogen-bond acceptors (Lipinski definition) is 5. The van der Waals surface area contributed by atoms with E-state index in [0.717, 1.165) is 19.1 Å². The van der Waals surface area contributed by atoms with Crippen molar-refractivity contribution in [2.24, 2.45) is 23.2 Å². The molecule has 0 saturated heterocycles. The van der Waals surface area contributed by atoms with E-state index < -0.39 is 8.07 Å². The molecule has 2 fully saturated rings. The molecule has 0 spiro atoms. The van der Waals surface area contributed by atoms with E-state index in [9.17, 15) is 4.79 Å². The highest BCUT2D eigenvalue weighted by Gasteiger charge is 2.66. The highest BCUT2D eigenvalue weighted by atomic mass is 32.2. The number of Topliss-reactive ketones (excluding diaryl/α,β-unsaturated/α-hetero) is 1. The Hall–Kier alpha value is 0.507. The summed E-state index contributed by atoms with van der Waals surface area (Å²) in [5.41, 5.74) is 0.0864. The summed E-state index contributed by atoms with van der Waals surface area (Å²) >= 11 is 3.47. The Morgan fingerprint density at radius 1 is 1.20 bits per heavy atom. The van der Waals surface area contributed by atoms with E-state index >= 15 is 0 Å². The number of carbonyl (C=O) groups is 1. The van der Waals surface area contributed by atoms with Crippen LogP contribution in [0.15, 0.2) is 0 Å². The summed E-state index contributed by atoms with van der Waals surface area (Å²) in [5.74, 6) is 1.18. The van der Waals surface area contributed by atoms with Crippen LogP contribution < -0.4 is 0 Å². The van der Waals surface area contributed by atoms with Gasteiger partial charge in [0, 0.05) is 26.5 Å². The number of hydrogen-bond donors (Lipinski definition) is 0. The Kier molecular flexibility index (Phi) is 6.86. The van der Waals surface area contributed by atoms with Crippen LogP contribution in [0.1, 0.15) is 27.2 Å². The van der Waals surface area contributed by atoms with Crippen molar-refractivity contribution in [3.05, 3.63) is 0 Å². The lowest BCUT2D eigenvalue weighted by atomic mass is 9.83. The van der Waals surface area contributed by atoms with E-state index in [1.165, 1.54) is 0 Å². The maximum atomic E-state index is 13.0. The molecule has 0 unspecified atom stereocenters. The lowest BCUT2D eigenvalue weighted by molar-refractivity contribution is -0.137. The molecule has 4 atom stereocenters. The fourth-order valence-corrected chi connectivity index (χ4v) is 7.99. The molecule has 0 radical (unpaired) electrons. The molecule has 0 N–H and O–H groups in total. The molecule has 6 heteroatoms. The summed E-state index contributed by atoms with van der Waals surface area (Å²) < 4.78 is 11.8. The summed E-state index contributed by atoms with van der Waals surface area (Å²) in [6.45, 7) is 14.9. The zero-order chi connectivity index (χ0) is 19.0. The van der Waals surface area contributed by atoms with Crippen LogP contribution in [0.4, 0.5) is 0 Å². The highest BCUT2D eigenvalue weighted by molar-refractivity contribution is 8.18. The van der Waals surface area contributed by atoms with E-state index in [1.54, 1.807) is 23.5 Å². The second kappa shape index (κ2) is 7.86. The SMILES string of the molecule is CSC1(SC)C(=O)[C@@H](C)[C@@H]2[C@@H](OCOCC[Si](C)(C)C)C(C)(C)C[C@@H]21. The minimum atomic E-state index is -1.07. The van der Waals surface area contributed by atoms with Crippen LogP contribution >= 0.6 is 23.5 Å². The number of thioether (sulfide) groups is 2. The van der Waals surface area contributed by atoms with Crippen LogP contribution in [0.2, 0.25) is 25.7 Å². The summed E-state index contributed by atoms with van der Waals surface area (Å²) in [4.78, 5) is 13.0. The first-order chi connectivity index (χ1) is 11.5. The lowest BCUT2D eigenvalue weighted by Crippen LogP contribution is -2.37. The van der Waals surface area contributed by atoms with Crippen LogP contribution in [0.25, 0.3) is 0 Å². The van der Waals surface area contributed by atoms with E-state index in [0.29, 0.717) is 24.4 Å². The van der Waals surface area contributed by atoms with Gasteiger partial charge < -0.3 is 9.47 Å². The van der Waals surface area contributed by atoms with Crippen molar-refractivity contribution in [2.45, 2.75) is 63.1 Å². The molecule has 0 aromatic carbocycles. The number of ketones is 1. The Morgan fingerprint density at radius 3 is 2.32 bits per heavy atom. The predicted molar refractivity (Wildman–Crippen MR) is 113 cm³/mol. The standard InChI is InChI=1S/C19H36O3S2Si/c1-13-15-14(19(23-4,24-5)16(13)20)11-18(2,3)17(15)22-12-21-9-10-25(6,7)8/h13-15,17H,9-12H2,1-8H3/t13-,14-,15-,17+/m0/s1. The van der Waals surface area contributed by atoms with Gasteiger partial charge in [-0.05, 0) is 36.3 Å². The van der Waals surface area contributed by atoms with Gasteiger partial charge >= 0.3 is 0 Å². The second-order valence-electron chi connectivity index (χ2n) is 9.53. The third kappa shape index (κ3) is 4.18. The van der Waals surface area contributed by atoms with Crippen molar-refractivity contribution in [2.75, 3.05) is 25.9 Å². The van der Waals surface area contributed by atoms with Crippen molar-refractivity contribution >= 4 is 37.4 Å². The predicted octanol–water partition coefficient (Wildman–Crippen LogP) is 4.99. The Balaban J connectivity index is 2.05. The molecule has 25 heavy (non-hydrogen) atoms. The minimum Gasteiger partial charge on any atom is -0.356 e. The molecule has 0 amide bonds. The molecule has 0 aromatic rings. The largest absolute Gasteiger partial charge is 0.356 e. The van der Waals surface area contributed by atoms with Crippen molar-refractivity contribution in [3.63, 3.8) is 0 Å². The van der Waals surface area contributed by atoms with Crippen LogP contribution in [-0.4, -0.2) is 50.0 Å². The van der Waals surface area contributed by atoms with Crippen molar-refractivity contribution in [3.8, 4) is 0 Å². The molecule has 3 nitrogen and oxygen atoms in total. The zero-order valence-corrected chi connectivity index (χ0v) is 19.8. The fraction of sp³-hybridized carbons (Fsp3) is 0.947. The van der Waals surface area contributed by atoms with Crippen LogP contribution in [0.3, 0.4) is 0 Å². The molecule has 0 aliphatic heterocycles. The molecule has 0 aromatic heterocycles. The lowest BCUT2D eigenvalue weighted by Gasteiger charge is -2.33. The third-order valence-electron chi connectivity index (χ3n) is 6.09. The first kappa shape index (κ1) is 21.8. The minimum absolute atomic E-state index is 0.0682. The maximum absolute atomic E-state index is 13.0.